The first-order valence-corrected chi connectivity index (χ1v) is 5.30. The van der Waals surface area contributed by atoms with Crippen molar-refractivity contribution in [2.75, 3.05) is 19.6 Å². The number of nitriles is 1. The van der Waals surface area contributed by atoms with Crippen molar-refractivity contribution in [3.8, 4) is 6.07 Å². The average Bonchev–Trinajstić information content (AvgIpc) is 2.14. The van der Waals surface area contributed by atoms with Crippen molar-refractivity contribution in [1.29, 1.82) is 5.26 Å². The molecule has 82 valence electrons. The second-order valence-corrected chi connectivity index (χ2v) is 3.70. The maximum Gasteiger partial charge on any atom is 0.246 e. The lowest BCUT2D eigenvalue weighted by molar-refractivity contribution is -0.117. The van der Waals surface area contributed by atoms with Crippen LogP contribution in [0.15, 0.2) is 11.1 Å². The van der Waals surface area contributed by atoms with E-state index in [1.165, 1.54) is 5.57 Å². The predicted molar refractivity (Wildman–Crippen MR) is 58.0 cm³/mol. The minimum absolute atomic E-state index is 0.0310. The molecule has 1 fully saturated rings. The summed E-state index contributed by atoms with van der Waals surface area (Å²) in [5, 5.41) is 14.3. The van der Waals surface area contributed by atoms with Crippen LogP contribution in [0.25, 0.3) is 0 Å². The topological polar surface area (TPSA) is 64.9 Å². The standard InChI is InChI=1S/C11H17N3O/c1-9(10-7-13-8-10)11(15)14-6-4-2-3-5-12/h13H,2-4,6-8H2,1H3,(H,14,15). The third-order valence-electron chi connectivity index (χ3n) is 2.55. The Kier molecular flexibility index (Phi) is 4.85. The van der Waals surface area contributed by atoms with Crippen LogP contribution in [-0.2, 0) is 4.79 Å². The quantitative estimate of drug-likeness (QED) is 0.515. The third-order valence-corrected chi connectivity index (χ3v) is 2.55. The summed E-state index contributed by atoms with van der Waals surface area (Å²) in [4.78, 5) is 11.5. The number of hydrogen-bond donors (Lipinski definition) is 2. The van der Waals surface area contributed by atoms with E-state index in [1.54, 1.807) is 0 Å². The number of amides is 1. The van der Waals surface area contributed by atoms with Gasteiger partial charge in [0.15, 0.2) is 0 Å². The molecule has 1 rings (SSSR count). The molecule has 0 atom stereocenters. The molecule has 1 aliphatic rings. The molecule has 0 unspecified atom stereocenters. The van der Waals surface area contributed by atoms with Gasteiger partial charge in [0.1, 0.15) is 0 Å². The van der Waals surface area contributed by atoms with Crippen molar-refractivity contribution in [3.63, 3.8) is 0 Å². The van der Waals surface area contributed by atoms with Crippen LogP contribution in [0, 0.1) is 11.3 Å². The molecule has 4 heteroatoms. The van der Waals surface area contributed by atoms with Gasteiger partial charge in [-0.2, -0.15) is 5.26 Å². The molecule has 1 amide bonds. The van der Waals surface area contributed by atoms with Gasteiger partial charge in [-0.3, -0.25) is 4.79 Å². The van der Waals surface area contributed by atoms with Crippen molar-refractivity contribution in [2.45, 2.75) is 26.2 Å². The van der Waals surface area contributed by atoms with Crippen molar-refractivity contribution in [3.05, 3.63) is 11.1 Å². The lowest BCUT2D eigenvalue weighted by Crippen LogP contribution is -2.37. The minimum atomic E-state index is 0.0310. The van der Waals surface area contributed by atoms with E-state index in [9.17, 15) is 4.79 Å². The van der Waals surface area contributed by atoms with Crippen molar-refractivity contribution in [2.24, 2.45) is 0 Å². The normalized spacial score (nSPS) is 14.0. The van der Waals surface area contributed by atoms with Gasteiger partial charge in [-0.25, -0.2) is 0 Å². The number of hydrogen-bond acceptors (Lipinski definition) is 3. The molecule has 0 aliphatic carbocycles. The zero-order valence-electron chi connectivity index (χ0n) is 9.10. The van der Waals surface area contributed by atoms with Crippen LogP contribution in [0.2, 0.25) is 0 Å². The lowest BCUT2D eigenvalue weighted by atomic mass is 10.0. The van der Waals surface area contributed by atoms with E-state index < -0.39 is 0 Å². The van der Waals surface area contributed by atoms with Crippen molar-refractivity contribution < 1.29 is 4.79 Å². The van der Waals surface area contributed by atoms with Crippen molar-refractivity contribution in [1.82, 2.24) is 10.6 Å². The number of unbranched alkanes of at least 4 members (excludes halogenated alkanes) is 2. The monoisotopic (exact) mass is 207 g/mol. The molecule has 0 spiro atoms. The van der Waals surface area contributed by atoms with E-state index in [0.717, 1.165) is 31.5 Å². The molecule has 2 N–H and O–H groups in total. The van der Waals surface area contributed by atoms with E-state index in [2.05, 4.69) is 16.7 Å². The molecule has 0 aromatic carbocycles. The Hall–Kier alpha value is -1.34. The first-order valence-electron chi connectivity index (χ1n) is 5.30. The summed E-state index contributed by atoms with van der Waals surface area (Å²) in [7, 11) is 0. The van der Waals surface area contributed by atoms with Gasteiger partial charge in [0.05, 0.1) is 6.07 Å². The Morgan fingerprint density at radius 3 is 2.80 bits per heavy atom. The molecule has 15 heavy (non-hydrogen) atoms. The van der Waals surface area contributed by atoms with Crippen LogP contribution >= 0.6 is 0 Å². The van der Waals surface area contributed by atoms with Crippen molar-refractivity contribution >= 4 is 5.91 Å². The molecule has 4 nitrogen and oxygen atoms in total. The minimum Gasteiger partial charge on any atom is -0.352 e. The van der Waals surface area contributed by atoms with E-state index in [-0.39, 0.29) is 5.91 Å². The number of nitrogens with zero attached hydrogens (tertiary/aromatic N) is 1. The summed E-state index contributed by atoms with van der Waals surface area (Å²) in [5.74, 6) is 0.0310. The smallest absolute Gasteiger partial charge is 0.246 e. The Morgan fingerprint density at radius 1 is 1.53 bits per heavy atom. The second kappa shape index (κ2) is 6.20. The highest BCUT2D eigenvalue weighted by Crippen LogP contribution is 2.08. The summed E-state index contributed by atoms with van der Waals surface area (Å²) >= 11 is 0. The van der Waals surface area contributed by atoms with E-state index in [1.807, 2.05) is 6.92 Å². The Bertz CT molecular complexity index is 295. The molecule has 1 saturated heterocycles. The van der Waals surface area contributed by atoms with Gasteiger partial charge in [0, 0.05) is 31.6 Å². The molecular formula is C11H17N3O. The van der Waals surface area contributed by atoms with Gasteiger partial charge in [-0.05, 0) is 25.3 Å². The van der Waals surface area contributed by atoms with E-state index in [4.69, 9.17) is 5.26 Å². The SMILES string of the molecule is CC(C(=O)NCCCCC#N)=C1CNC1. The summed E-state index contributed by atoms with van der Waals surface area (Å²) in [6.07, 6.45) is 2.30. The van der Waals surface area contributed by atoms with Gasteiger partial charge >= 0.3 is 0 Å². The fraction of sp³-hybridized carbons (Fsp3) is 0.636. The average molecular weight is 207 g/mol. The summed E-state index contributed by atoms with van der Waals surface area (Å²) < 4.78 is 0. The molecule has 0 aromatic heterocycles. The molecule has 0 radical (unpaired) electrons. The first kappa shape index (κ1) is 11.7. The van der Waals surface area contributed by atoms with Gasteiger partial charge < -0.3 is 10.6 Å². The van der Waals surface area contributed by atoms with Gasteiger partial charge in [0.25, 0.3) is 0 Å². The maximum absolute atomic E-state index is 11.5. The van der Waals surface area contributed by atoms with Crippen LogP contribution in [0.1, 0.15) is 26.2 Å². The van der Waals surface area contributed by atoms with Crippen LogP contribution in [0.4, 0.5) is 0 Å². The summed E-state index contributed by atoms with van der Waals surface area (Å²) in [5.41, 5.74) is 2.04. The van der Waals surface area contributed by atoms with Crippen LogP contribution in [0.5, 0.6) is 0 Å². The largest absolute Gasteiger partial charge is 0.352 e. The molecule has 1 aliphatic heterocycles. The fourth-order valence-corrected chi connectivity index (χ4v) is 1.34. The second-order valence-electron chi connectivity index (χ2n) is 3.70. The molecule has 1 heterocycles. The molecule has 0 aromatic rings. The van der Waals surface area contributed by atoms with Gasteiger partial charge in [0.2, 0.25) is 5.91 Å². The summed E-state index contributed by atoms with van der Waals surface area (Å²) in [6.45, 7) is 4.21. The fourth-order valence-electron chi connectivity index (χ4n) is 1.34. The molecule has 0 bridgehead atoms. The highest BCUT2D eigenvalue weighted by atomic mass is 16.1. The Morgan fingerprint density at radius 2 is 2.27 bits per heavy atom. The Balaban J connectivity index is 2.16. The number of carbonyl (C=O) groups excluding carboxylic acids is 1. The van der Waals surface area contributed by atoms with E-state index >= 15 is 0 Å². The van der Waals surface area contributed by atoms with Crippen LogP contribution in [0.3, 0.4) is 0 Å². The molecular weight excluding hydrogens is 190 g/mol. The number of nitrogens with one attached hydrogen (secondary N) is 2. The van der Waals surface area contributed by atoms with Gasteiger partial charge in [-0.1, -0.05) is 0 Å². The third kappa shape index (κ3) is 3.72. The zero-order valence-corrected chi connectivity index (χ0v) is 9.10. The van der Waals surface area contributed by atoms with Crippen LogP contribution < -0.4 is 10.6 Å². The number of carbonyl (C=O) groups is 1. The highest BCUT2D eigenvalue weighted by Gasteiger charge is 2.15. The predicted octanol–water partition coefficient (Wildman–Crippen LogP) is 0.716. The molecule has 0 saturated carbocycles. The van der Waals surface area contributed by atoms with Gasteiger partial charge in [-0.15, -0.1) is 0 Å². The number of rotatable bonds is 5. The maximum atomic E-state index is 11.5. The Labute approximate surface area is 90.3 Å². The first-order chi connectivity index (χ1) is 7.25. The lowest BCUT2D eigenvalue weighted by Gasteiger charge is -2.21. The van der Waals surface area contributed by atoms with E-state index in [0.29, 0.717) is 13.0 Å². The van der Waals surface area contributed by atoms with Crippen LogP contribution in [-0.4, -0.2) is 25.5 Å². The zero-order chi connectivity index (χ0) is 11.1. The highest BCUT2D eigenvalue weighted by molar-refractivity contribution is 5.93. The summed E-state index contributed by atoms with van der Waals surface area (Å²) in [6, 6.07) is 2.08.